The fraction of sp³-hybridized carbons (Fsp3) is 0.292. The molecule has 3 N–H and O–H groups in total. The van der Waals surface area contributed by atoms with Crippen LogP contribution in [0.4, 0.5) is 29.2 Å². The van der Waals surface area contributed by atoms with Gasteiger partial charge in [-0.05, 0) is 28.8 Å². The first kappa shape index (κ1) is 24.4. The molecule has 1 amide bonds. The van der Waals surface area contributed by atoms with Crippen molar-refractivity contribution in [2.45, 2.75) is 25.2 Å². The first-order valence-electron chi connectivity index (χ1n) is 10.8. The van der Waals surface area contributed by atoms with E-state index >= 15 is 4.39 Å². The van der Waals surface area contributed by atoms with Crippen LogP contribution in [0, 0.1) is 5.82 Å². The SMILES string of the molecule is NC(=O)Cc1ccc(CNc2ncnc(N3CCOC[C@@H]3c3ccc(C(F)(F)F)cc3)c2F)cc1. The number of alkyl halides is 3. The molecule has 3 aromatic rings. The van der Waals surface area contributed by atoms with Crippen LogP contribution in [0.1, 0.15) is 28.3 Å². The Bertz CT molecular complexity index is 1170. The maximum Gasteiger partial charge on any atom is 0.416 e. The van der Waals surface area contributed by atoms with Gasteiger partial charge in [-0.15, -0.1) is 0 Å². The highest BCUT2D eigenvalue weighted by atomic mass is 19.4. The molecule has 0 aliphatic carbocycles. The number of hydrogen-bond acceptors (Lipinski definition) is 6. The molecule has 0 radical (unpaired) electrons. The lowest BCUT2D eigenvalue weighted by atomic mass is 10.0. The molecule has 2 heterocycles. The number of nitrogens with two attached hydrogens (primary N) is 1. The van der Waals surface area contributed by atoms with E-state index in [-0.39, 0.29) is 31.2 Å². The van der Waals surface area contributed by atoms with E-state index in [2.05, 4.69) is 15.3 Å². The Morgan fingerprint density at radius 2 is 1.77 bits per heavy atom. The summed E-state index contributed by atoms with van der Waals surface area (Å²) in [5.41, 5.74) is 6.61. The van der Waals surface area contributed by atoms with Crippen molar-refractivity contribution in [3.05, 3.63) is 82.9 Å². The Morgan fingerprint density at radius 3 is 2.43 bits per heavy atom. The molecule has 184 valence electrons. The second kappa shape index (κ2) is 10.3. The van der Waals surface area contributed by atoms with E-state index in [4.69, 9.17) is 10.5 Å². The van der Waals surface area contributed by atoms with E-state index in [1.54, 1.807) is 29.2 Å². The van der Waals surface area contributed by atoms with Crippen LogP contribution in [0.5, 0.6) is 0 Å². The Balaban J connectivity index is 1.51. The van der Waals surface area contributed by atoms with E-state index in [0.717, 1.165) is 23.3 Å². The molecule has 0 unspecified atom stereocenters. The third kappa shape index (κ3) is 5.86. The number of primary amides is 1. The summed E-state index contributed by atoms with van der Waals surface area (Å²) < 4.78 is 59.7. The first-order chi connectivity index (χ1) is 16.7. The van der Waals surface area contributed by atoms with E-state index in [0.29, 0.717) is 18.7 Å². The summed E-state index contributed by atoms with van der Waals surface area (Å²) in [6.45, 7) is 1.08. The minimum Gasteiger partial charge on any atom is -0.377 e. The van der Waals surface area contributed by atoms with Crippen molar-refractivity contribution >= 4 is 17.5 Å². The molecule has 11 heteroatoms. The number of halogens is 4. The third-order valence-corrected chi connectivity index (χ3v) is 5.66. The van der Waals surface area contributed by atoms with E-state index in [1.807, 2.05) is 0 Å². The van der Waals surface area contributed by atoms with Gasteiger partial charge in [-0.25, -0.2) is 9.97 Å². The van der Waals surface area contributed by atoms with Gasteiger partial charge in [0.2, 0.25) is 11.7 Å². The maximum atomic E-state index is 15.4. The van der Waals surface area contributed by atoms with Gasteiger partial charge in [0, 0.05) is 13.1 Å². The van der Waals surface area contributed by atoms with Crippen molar-refractivity contribution in [1.29, 1.82) is 0 Å². The second-order valence-corrected chi connectivity index (χ2v) is 8.08. The Morgan fingerprint density at radius 1 is 1.09 bits per heavy atom. The Hall–Kier alpha value is -3.73. The number of carbonyl (C=O) groups excluding carboxylic acids is 1. The lowest BCUT2D eigenvalue weighted by Gasteiger charge is -2.37. The van der Waals surface area contributed by atoms with Crippen molar-refractivity contribution in [3.63, 3.8) is 0 Å². The summed E-state index contributed by atoms with van der Waals surface area (Å²) >= 11 is 0. The lowest BCUT2D eigenvalue weighted by molar-refractivity contribution is -0.137. The summed E-state index contributed by atoms with van der Waals surface area (Å²) in [5, 5.41) is 2.95. The molecular weight excluding hydrogens is 466 g/mol. The zero-order valence-corrected chi connectivity index (χ0v) is 18.6. The molecule has 35 heavy (non-hydrogen) atoms. The number of amides is 1. The fourth-order valence-corrected chi connectivity index (χ4v) is 3.87. The highest BCUT2D eigenvalue weighted by Crippen LogP contribution is 2.34. The molecule has 0 saturated carbocycles. The van der Waals surface area contributed by atoms with Crippen molar-refractivity contribution in [3.8, 4) is 0 Å². The summed E-state index contributed by atoms with van der Waals surface area (Å²) in [4.78, 5) is 20.8. The van der Waals surface area contributed by atoms with Gasteiger partial charge in [-0.1, -0.05) is 36.4 Å². The minimum atomic E-state index is -4.44. The average molecular weight is 489 g/mol. The second-order valence-electron chi connectivity index (χ2n) is 8.08. The normalized spacial score (nSPS) is 16.2. The van der Waals surface area contributed by atoms with E-state index in [9.17, 15) is 18.0 Å². The minimum absolute atomic E-state index is 0.00567. The number of morpholine rings is 1. The van der Waals surface area contributed by atoms with Gasteiger partial charge in [0.05, 0.1) is 31.2 Å². The summed E-state index contributed by atoms with van der Waals surface area (Å²) in [7, 11) is 0. The van der Waals surface area contributed by atoms with Crippen LogP contribution in [0.25, 0.3) is 0 Å². The third-order valence-electron chi connectivity index (χ3n) is 5.66. The molecule has 7 nitrogen and oxygen atoms in total. The monoisotopic (exact) mass is 489 g/mol. The predicted molar refractivity (Wildman–Crippen MR) is 121 cm³/mol. The predicted octanol–water partition coefficient (Wildman–Crippen LogP) is 3.85. The maximum absolute atomic E-state index is 15.4. The molecule has 4 rings (SSSR count). The Labute approximate surface area is 198 Å². The topological polar surface area (TPSA) is 93.4 Å². The highest BCUT2D eigenvalue weighted by Gasteiger charge is 2.32. The van der Waals surface area contributed by atoms with Crippen LogP contribution in [-0.2, 0) is 28.7 Å². The number of benzene rings is 2. The summed E-state index contributed by atoms with van der Waals surface area (Å²) in [6, 6.07) is 11.4. The van der Waals surface area contributed by atoms with Crippen LogP contribution < -0.4 is 16.0 Å². The van der Waals surface area contributed by atoms with Crippen LogP contribution in [0.15, 0.2) is 54.9 Å². The smallest absolute Gasteiger partial charge is 0.377 e. The molecule has 1 aromatic heterocycles. The molecule has 1 saturated heterocycles. The molecule has 0 bridgehead atoms. The van der Waals surface area contributed by atoms with Crippen LogP contribution in [0.3, 0.4) is 0 Å². The standard InChI is InChI=1S/C24H23F4N5O2/c25-21-22(30-12-16-3-1-15(2-4-16)11-20(29)34)31-14-32-23(21)33-9-10-35-13-19(33)17-5-7-18(8-6-17)24(26,27)28/h1-8,14,19H,9-13H2,(H2,29,34)(H,30,31,32)/t19-/m1/s1. The van der Waals surface area contributed by atoms with Gasteiger partial charge in [-0.3, -0.25) is 4.79 Å². The van der Waals surface area contributed by atoms with Gasteiger partial charge < -0.3 is 20.7 Å². The van der Waals surface area contributed by atoms with Crippen LogP contribution in [0.2, 0.25) is 0 Å². The number of anilines is 2. The van der Waals surface area contributed by atoms with Crippen molar-refractivity contribution in [1.82, 2.24) is 9.97 Å². The summed E-state index contributed by atoms with van der Waals surface area (Å²) in [5.74, 6) is -1.07. The quantitative estimate of drug-likeness (QED) is 0.490. The highest BCUT2D eigenvalue weighted by molar-refractivity contribution is 5.76. The largest absolute Gasteiger partial charge is 0.416 e. The van der Waals surface area contributed by atoms with Gasteiger partial charge in [-0.2, -0.15) is 17.6 Å². The zero-order valence-electron chi connectivity index (χ0n) is 18.6. The molecule has 1 atom stereocenters. The summed E-state index contributed by atoms with van der Waals surface area (Å²) in [6.07, 6.45) is -3.07. The fourth-order valence-electron chi connectivity index (χ4n) is 3.87. The van der Waals surface area contributed by atoms with Crippen molar-refractivity contribution < 1.29 is 27.1 Å². The van der Waals surface area contributed by atoms with Gasteiger partial charge >= 0.3 is 6.18 Å². The number of carbonyl (C=O) groups is 1. The number of aromatic nitrogens is 2. The van der Waals surface area contributed by atoms with E-state index < -0.39 is 29.5 Å². The van der Waals surface area contributed by atoms with Crippen molar-refractivity contribution in [2.75, 3.05) is 30.0 Å². The molecule has 2 aromatic carbocycles. The lowest BCUT2D eigenvalue weighted by Crippen LogP contribution is -2.40. The van der Waals surface area contributed by atoms with E-state index in [1.165, 1.54) is 18.5 Å². The van der Waals surface area contributed by atoms with Gasteiger partial charge in [0.25, 0.3) is 0 Å². The number of rotatable bonds is 7. The number of nitrogens with one attached hydrogen (secondary N) is 1. The first-order valence-corrected chi connectivity index (χ1v) is 10.8. The molecule has 1 fully saturated rings. The molecule has 0 spiro atoms. The number of hydrogen-bond donors (Lipinski definition) is 2. The number of nitrogens with zero attached hydrogens (tertiary/aromatic N) is 3. The van der Waals surface area contributed by atoms with Gasteiger partial charge in [0.1, 0.15) is 6.33 Å². The Kier molecular flexibility index (Phi) is 7.15. The van der Waals surface area contributed by atoms with Crippen LogP contribution in [-0.4, -0.2) is 35.6 Å². The van der Waals surface area contributed by atoms with Crippen molar-refractivity contribution in [2.24, 2.45) is 5.73 Å². The van der Waals surface area contributed by atoms with Crippen LogP contribution >= 0.6 is 0 Å². The number of ether oxygens (including phenoxy) is 1. The average Bonchev–Trinajstić information content (AvgIpc) is 2.84. The van der Waals surface area contributed by atoms with Gasteiger partial charge in [0.15, 0.2) is 11.6 Å². The zero-order chi connectivity index (χ0) is 25.0. The molecule has 1 aliphatic heterocycles. The molecule has 1 aliphatic rings. The molecular formula is C24H23F4N5O2.